The summed E-state index contributed by atoms with van der Waals surface area (Å²) in [6, 6.07) is 9.70. The summed E-state index contributed by atoms with van der Waals surface area (Å²) >= 11 is 0. The van der Waals surface area contributed by atoms with Crippen LogP contribution in [0.5, 0.6) is 0 Å². The lowest BCUT2D eigenvalue weighted by Gasteiger charge is -2.33. The van der Waals surface area contributed by atoms with Gasteiger partial charge in [0.15, 0.2) is 0 Å². The van der Waals surface area contributed by atoms with Crippen LogP contribution in [0.4, 0.5) is 4.79 Å². The van der Waals surface area contributed by atoms with E-state index in [9.17, 15) is 4.79 Å². The molecule has 4 nitrogen and oxygen atoms in total. The minimum absolute atomic E-state index is 0.458. The SMILES string of the molecule is CC(C)(C)N(NCc1ccccc1)C(=O)O. The number of nitrogens with zero attached hydrogens (tertiary/aromatic N) is 1. The van der Waals surface area contributed by atoms with Crippen molar-refractivity contribution in [2.75, 3.05) is 0 Å². The zero-order valence-electron chi connectivity index (χ0n) is 9.90. The molecular weight excluding hydrogens is 204 g/mol. The molecule has 1 rings (SSSR count). The molecule has 88 valence electrons. The molecule has 1 aromatic rings. The van der Waals surface area contributed by atoms with E-state index >= 15 is 0 Å². The van der Waals surface area contributed by atoms with E-state index in [1.807, 2.05) is 51.1 Å². The van der Waals surface area contributed by atoms with Crippen molar-refractivity contribution in [1.29, 1.82) is 0 Å². The molecule has 4 heteroatoms. The molecule has 0 aliphatic carbocycles. The Hall–Kier alpha value is -1.55. The largest absolute Gasteiger partial charge is 0.464 e. The van der Waals surface area contributed by atoms with E-state index in [1.54, 1.807) is 0 Å². The maximum absolute atomic E-state index is 11.0. The summed E-state index contributed by atoms with van der Waals surface area (Å²) in [4.78, 5) is 11.0. The first-order valence-corrected chi connectivity index (χ1v) is 5.22. The van der Waals surface area contributed by atoms with Crippen LogP contribution in [0.15, 0.2) is 30.3 Å². The second kappa shape index (κ2) is 4.99. The third kappa shape index (κ3) is 3.55. The molecule has 16 heavy (non-hydrogen) atoms. The standard InChI is InChI=1S/C12H18N2O2/c1-12(2,3)14(11(15)16)13-9-10-7-5-4-6-8-10/h4-8,13H,9H2,1-3H3,(H,15,16). The summed E-state index contributed by atoms with van der Waals surface area (Å²) in [5.41, 5.74) is 3.51. The molecule has 2 N–H and O–H groups in total. The monoisotopic (exact) mass is 222 g/mol. The number of carboxylic acid groups (broad SMARTS) is 1. The fourth-order valence-corrected chi connectivity index (χ4v) is 1.36. The molecule has 0 heterocycles. The van der Waals surface area contributed by atoms with Crippen LogP contribution in [0.1, 0.15) is 26.3 Å². The highest BCUT2D eigenvalue weighted by Gasteiger charge is 2.25. The molecule has 1 aromatic carbocycles. The highest BCUT2D eigenvalue weighted by molar-refractivity contribution is 5.65. The van der Waals surface area contributed by atoms with Gasteiger partial charge in [-0.05, 0) is 26.3 Å². The van der Waals surface area contributed by atoms with E-state index in [4.69, 9.17) is 5.11 Å². The first kappa shape index (κ1) is 12.5. The topological polar surface area (TPSA) is 52.6 Å². The van der Waals surface area contributed by atoms with E-state index in [1.165, 1.54) is 5.01 Å². The molecule has 0 saturated carbocycles. The van der Waals surface area contributed by atoms with Gasteiger partial charge in [0.25, 0.3) is 0 Å². The number of amides is 1. The molecule has 0 radical (unpaired) electrons. The summed E-state index contributed by atoms with van der Waals surface area (Å²) < 4.78 is 0. The number of nitrogens with one attached hydrogen (secondary N) is 1. The summed E-state index contributed by atoms with van der Waals surface area (Å²) in [6.07, 6.45) is -0.969. The van der Waals surface area contributed by atoms with Crippen molar-refractivity contribution in [3.8, 4) is 0 Å². The Morgan fingerprint density at radius 1 is 1.31 bits per heavy atom. The number of hydrogen-bond acceptors (Lipinski definition) is 2. The van der Waals surface area contributed by atoms with Gasteiger partial charge in [0.2, 0.25) is 0 Å². The Labute approximate surface area is 95.9 Å². The van der Waals surface area contributed by atoms with Gasteiger partial charge in [-0.15, -0.1) is 0 Å². The molecule has 0 atom stereocenters. The number of carbonyl (C=O) groups is 1. The molecule has 0 unspecified atom stereocenters. The molecule has 0 bridgehead atoms. The van der Waals surface area contributed by atoms with Crippen LogP contribution in [-0.4, -0.2) is 21.7 Å². The van der Waals surface area contributed by atoms with Gasteiger partial charge in [0, 0.05) is 6.54 Å². The maximum atomic E-state index is 11.0. The quantitative estimate of drug-likeness (QED) is 0.772. The summed E-state index contributed by atoms with van der Waals surface area (Å²) in [6.45, 7) is 6.04. The van der Waals surface area contributed by atoms with E-state index < -0.39 is 11.6 Å². The van der Waals surface area contributed by atoms with Crippen LogP contribution < -0.4 is 5.43 Å². The van der Waals surface area contributed by atoms with Gasteiger partial charge in [-0.1, -0.05) is 30.3 Å². The van der Waals surface area contributed by atoms with Crippen LogP contribution in [-0.2, 0) is 6.54 Å². The van der Waals surface area contributed by atoms with Gasteiger partial charge in [-0.3, -0.25) is 0 Å². The van der Waals surface area contributed by atoms with Crippen molar-refractivity contribution in [2.24, 2.45) is 0 Å². The van der Waals surface area contributed by atoms with E-state index in [0.717, 1.165) is 5.56 Å². The zero-order chi connectivity index (χ0) is 12.2. The van der Waals surface area contributed by atoms with Crippen molar-refractivity contribution in [3.05, 3.63) is 35.9 Å². The third-order valence-corrected chi connectivity index (χ3v) is 2.15. The van der Waals surface area contributed by atoms with Gasteiger partial charge in [0.05, 0.1) is 5.54 Å². The molecule has 1 amide bonds. The third-order valence-electron chi connectivity index (χ3n) is 2.15. The van der Waals surface area contributed by atoms with Crippen LogP contribution in [0.25, 0.3) is 0 Å². The molecule has 0 fully saturated rings. The average molecular weight is 222 g/mol. The molecule has 0 aliphatic heterocycles. The Balaban J connectivity index is 2.62. The Morgan fingerprint density at radius 3 is 2.31 bits per heavy atom. The van der Waals surface area contributed by atoms with Crippen LogP contribution >= 0.6 is 0 Å². The predicted molar refractivity (Wildman–Crippen MR) is 62.9 cm³/mol. The first-order valence-electron chi connectivity index (χ1n) is 5.22. The van der Waals surface area contributed by atoms with E-state index in [0.29, 0.717) is 6.54 Å². The molecular formula is C12H18N2O2. The number of rotatable bonds is 3. The second-order valence-electron chi connectivity index (χ2n) is 4.61. The van der Waals surface area contributed by atoms with Crippen molar-refractivity contribution >= 4 is 6.09 Å². The van der Waals surface area contributed by atoms with Crippen LogP contribution in [0, 0.1) is 0 Å². The Kier molecular flexibility index (Phi) is 3.90. The Bertz CT molecular complexity index is 344. The predicted octanol–water partition coefficient (Wildman–Crippen LogP) is 2.47. The number of benzene rings is 1. The molecule has 0 spiro atoms. The zero-order valence-corrected chi connectivity index (χ0v) is 9.90. The fraction of sp³-hybridized carbons (Fsp3) is 0.417. The number of hydrazine groups is 1. The van der Waals surface area contributed by atoms with Crippen LogP contribution in [0.3, 0.4) is 0 Å². The fourth-order valence-electron chi connectivity index (χ4n) is 1.36. The lowest BCUT2D eigenvalue weighted by atomic mass is 10.1. The summed E-state index contributed by atoms with van der Waals surface area (Å²) in [5, 5.41) is 10.3. The van der Waals surface area contributed by atoms with E-state index in [-0.39, 0.29) is 0 Å². The molecule has 0 aromatic heterocycles. The highest BCUT2D eigenvalue weighted by atomic mass is 16.4. The molecule has 0 saturated heterocycles. The normalized spacial score (nSPS) is 11.2. The highest BCUT2D eigenvalue weighted by Crippen LogP contribution is 2.11. The van der Waals surface area contributed by atoms with Crippen molar-refractivity contribution in [1.82, 2.24) is 10.4 Å². The van der Waals surface area contributed by atoms with Crippen LogP contribution in [0.2, 0.25) is 0 Å². The van der Waals surface area contributed by atoms with Crippen molar-refractivity contribution < 1.29 is 9.90 Å². The van der Waals surface area contributed by atoms with Gasteiger partial charge in [-0.2, -0.15) is 0 Å². The first-order chi connectivity index (χ1) is 7.41. The smallest absolute Gasteiger partial charge is 0.422 e. The Morgan fingerprint density at radius 2 is 1.88 bits per heavy atom. The van der Waals surface area contributed by atoms with Gasteiger partial charge >= 0.3 is 6.09 Å². The minimum Gasteiger partial charge on any atom is -0.464 e. The molecule has 0 aliphatic rings. The summed E-state index contributed by atoms with van der Waals surface area (Å²) in [5.74, 6) is 0. The van der Waals surface area contributed by atoms with Crippen molar-refractivity contribution in [3.63, 3.8) is 0 Å². The van der Waals surface area contributed by atoms with Crippen molar-refractivity contribution in [2.45, 2.75) is 32.9 Å². The van der Waals surface area contributed by atoms with E-state index in [2.05, 4.69) is 5.43 Å². The van der Waals surface area contributed by atoms with Gasteiger partial charge < -0.3 is 5.11 Å². The minimum atomic E-state index is -0.969. The second-order valence-corrected chi connectivity index (χ2v) is 4.61. The lowest BCUT2D eigenvalue weighted by Crippen LogP contribution is -2.52. The lowest BCUT2D eigenvalue weighted by molar-refractivity contribution is 0.0624. The maximum Gasteiger partial charge on any atom is 0.422 e. The van der Waals surface area contributed by atoms with Gasteiger partial charge in [-0.25, -0.2) is 15.2 Å². The summed E-state index contributed by atoms with van der Waals surface area (Å²) in [7, 11) is 0. The number of hydrogen-bond donors (Lipinski definition) is 2. The van der Waals surface area contributed by atoms with Gasteiger partial charge in [0.1, 0.15) is 0 Å². The average Bonchev–Trinajstić information content (AvgIpc) is 2.17.